The average molecular weight is 453 g/mol. The van der Waals surface area contributed by atoms with Crippen LogP contribution in [-0.4, -0.2) is 35.4 Å². The second-order valence-electron chi connectivity index (χ2n) is 9.93. The van der Waals surface area contributed by atoms with E-state index >= 15 is 0 Å². The molecule has 2 amide bonds. The number of aryl methyl sites for hydroxylation is 1. The molecule has 5 heteroatoms. The maximum atomic E-state index is 13.4. The summed E-state index contributed by atoms with van der Waals surface area (Å²) in [5.74, 6) is 1.11. The van der Waals surface area contributed by atoms with Gasteiger partial charge in [-0.25, -0.2) is 0 Å². The standard InChI is InChI=1S/C28H40N2O3/c1-8-25(27(32)29-28(4,5)6)30(19-22-11-16-24(33-7)17-12-22)26(31)18-13-21-9-14-23(15-10-21)20(2)3/h9-12,14-17,20,25H,8,13,18-19H2,1-7H3,(H,29,32)/t25-/m0/s1. The summed E-state index contributed by atoms with van der Waals surface area (Å²) in [6, 6.07) is 15.6. The second-order valence-corrected chi connectivity index (χ2v) is 9.93. The van der Waals surface area contributed by atoms with E-state index in [0.717, 1.165) is 16.9 Å². The molecule has 0 saturated heterocycles. The molecule has 2 aromatic rings. The fourth-order valence-electron chi connectivity index (χ4n) is 3.76. The Morgan fingerprint density at radius 3 is 2.03 bits per heavy atom. The molecule has 2 aromatic carbocycles. The molecule has 0 radical (unpaired) electrons. The lowest BCUT2D eigenvalue weighted by atomic mass is 10.00. The van der Waals surface area contributed by atoms with E-state index < -0.39 is 6.04 Å². The quantitative estimate of drug-likeness (QED) is 0.520. The van der Waals surface area contributed by atoms with Crippen molar-refractivity contribution in [2.45, 2.75) is 84.8 Å². The molecule has 33 heavy (non-hydrogen) atoms. The van der Waals surface area contributed by atoms with Crippen molar-refractivity contribution >= 4 is 11.8 Å². The van der Waals surface area contributed by atoms with Gasteiger partial charge >= 0.3 is 0 Å². The van der Waals surface area contributed by atoms with Crippen molar-refractivity contribution in [2.24, 2.45) is 0 Å². The molecule has 1 N–H and O–H groups in total. The van der Waals surface area contributed by atoms with Crippen LogP contribution >= 0.6 is 0 Å². The number of nitrogens with one attached hydrogen (secondary N) is 1. The van der Waals surface area contributed by atoms with Gasteiger partial charge in [-0.1, -0.05) is 57.2 Å². The highest BCUT2D eigenvalue weighted by atomic mass is 16.5. The van der Waals surface area contributed by atoms with E-state index in [-0.39, 0.29) is 17.4 Å². The van der Waals surface area contributed by atoms with E-state index in [0.29, 0.717) is 31.7 Å². The van der Waals surface area contributed by atoms with Gasteiger partial charge in [-0.2, -0.15) is 0 Å². The van der Waals surface area contributed by atoms with Crippen LogP contribution in [0.4, 0.5) is 0 Å². The second kappa shape index (κ2) is 11.9. The molecule has 0 aliphatic heterocycles. The molecular weight excluding hydrogens is 412 g/mol. The fourth-order valence-corrected chi connectivity index (χ4v) is 3.76. The molecule has 5 nitrogen and oxygen atoms in total. The zero-order chi connectivity index (χ0) is 24.6. The maximum Gasteiger partial charge on any atom is 0.243 e. The van der Waals surface area contributed by atoms with Gasteiger partial charge in [0.25, 0.3) is 0 Å². The Balaban J connectivity index is 2.21. The fraction of sp³-hybridized carbons (Fsp3) is 0.500. The van der Waals surface area contributed by atoms with Crippen LogP contribution in [-0.2, 0) is 22.6 Å². The number of nitrogens with zero attached hydrogens (tertiary/aromatic N) is 1. The van der Waals surface area contributed by atoms with E-state index in [2.05, 4.69) is 43.4 Å². The lowest BCUT2D eigenvalue weighted by molar-refractivity contribution is -0.142. The van der Waals surface area contributed by atoms with Crippen molar-refractivity contribution < 1.29 is 14.3 Å². The number of ether oxygens (including phenoxy) is 1. The van der Waals surface area contributed by atoms with Crippen LogP contribution in [0, 0.1) is 0 Å². The topological polar surface area (TPSA) is 58.6 Å². The smallest absolute Gasteiger partial charge is 0.243 e. The lowest BCUT2D eigenvalue weighted by Gasteiger charge is -2.33. The third kappa shape index (κ3) is 8.23. The van der Waals surface area contributed by atoms with Gasteiger partial charge < -0.3 is 15.0 Å². The average Bonchev–Trinajstić information content (AvgIpc) is 2.76. The Labute approximate surface area is 199 Å². The number of benzene rings is 2. The summed E-state index contributed by atoms with van der Waals surface area (Å²) in [6.45, 7) is 12.5. The molecule has 0 spiro atoms. The highest BCUT2D eigenvalue weighted by molar-refractivity contribution is 5.88. The van der Waals surface area contributed by atoms with Crippen molar-refractivity contribution in [1.29, 1.82) is 0 Å². The molecule has 0 aliphatic carbocycles. The first-order chi connectivity index (χ1) is 15.5. The normalized spacial score (nSPS) is 12.4. The summed E-state index contributed by atoms with van der Waals surface area (Å²) in [5.41, 5.74) is 3.02. The molecule has 0 unspecified atom stereocenters. The highest BCUT2D eigenvalue weighted by Gasteiger charge is 2.30. The summed E-state index contributed by atoms with van der Waals surface area (Å²) in [4.78, 5) is 28.2. The first-order valence-corrected chi connectivity index (χ1v) is 11.9. The first-order valence-electron chi connectivity index (χ1n) is 11.9. The van der Waals surface area contributed by atoms with Crippen LogP contribution in [0.2, 0.25) is 0 Å². The van der Waals surface area contributed by atoms with E-state index in [9.17, 15) is 9.59 Å². The number of methoxy groups -OCH3 is 1. The van der Waals surface area contributed by atoms with Gasteiger partial charge in [0.1, 0.15) is 11.8 Å². The Morgan fingerprint density at radius 1 is 0.970 bits per heavy atom. The van der Waals surface area contributed by atoms with Gasteiger partial charge in [-0.15, -0.1) is 0 Å². The number of carbonyl (C=O) groups excluding carboxylic acids is 2. The van der Waals surface area contributed by atoms with Crippen LogP contribution in [0.3, 0.4) is 0 Å². The van der Waals surface area contributed by atoms with Gasteiger partial charge in [-0.05, 0) is 68.4 Å². The summed E-state index contributed by atoms with van der Waals surface area (Å²) in [6.07, 6.45) is 1.55. The van der Waals surface area contributed by atoms with Crippen LogP contribution in [0.15, 0.2) is 48.5 Å². The first kappa shape index (κ1) is 26.4. The number of hydrogen-bond acceptors (Lipinski definition) is 3. The molecule has 180 valence electrons. The van der Waals surface area contributed by atoms with Crippen molar-refractivity contribution in [3.63, 3.8) is 0 Å². The summed E-state index contributed by atoms with van der Waals surface area (Å²) in [7, 11) is 1.63. The van der Waals surface area contributed by atoms with E-state index in [1.807, 2.05) is 52.0 Å². The van der Waals surface area contributed by atoms with E-state index in [1.54, 1.807) is 12.0 Å². The third-order valence-electron chi connectivity index (χ3n) is 5.67. The third-order valence-corrected chi connectivity index (χ3v) is 5.67. The molecule has 2 rings (SSSR count). The highest BCUT2D eigenvalue weighted by Crippen LogP contribution is 2.19. The monoisotopic (exact) mass is 452 g/mol. The van der Waals surface area contributed by atoms with E-state index in [1.165, 1.54) is 5.56 Å². The van der Waals surface area contributed by atoms with Gasteiger partial charge in [-0.3, -0.25) is 9.59 Å². The SMILES string of the molecule is CC[C@@H](C(=O)NC(C)(C)C)N(Cc1ccc(OC)cc1)C(=O)CCc1ccc(C(C)C)cc1. The predicted octanol–water partition coefficient (Wildman–Crippen LogP) is 5.47. The summed E-state index contributed by atoms with van der Waals surface area (Å²) >= 11 is 0. The predicted molar refractivity (Wildman–Crippen MR) is 134 cm³/mol. The molecule has 0 heterocycles. The molecule has 1 atom stereocenters. The van der Waals surface area contributed by atoms with Gasteiger partial charge in [0.2, 0.25) is 11.8 Å². The Morgan fingerprint density at radius 2 is 1.55 bits per heavy atom. The van der Waals surface area contributed by atoms with Gasteiger partial charge in [0.05, 0.1) is 7.11 Å². The summed E-state index contributed by atoms with van der Waals surface area (Å²) in [5, 5.41) is 3.05. The van der Waals surface area contributed by atoms with E-state index in [4.69, 9.17) is 4.74 Å². The lowest BCUT2D eigenvalue weighted by Crippen LogP contribution is -2.53. The molecule has 0 aromatic heterocycles. The Bertz CT molecular complexity index is 896. The number of rotatable bonds is 10. The van der Waals surface area contributed by atoms with Crippen molar-refractivity contribution in [1.82, 2.24) is 10.2 Å². The maximum absolute atomic E-state index is 13.4. The van der Waals surface area contributed by atoms with Crippen molar-refractivity contribution in [3.05, 3.63) is 65.2 Å². The van der Waals surface area contributed by atoms with Gasteiger partial charge in [0, 0.05) is 18.5 Å². The number of carbonyl (C=O) groups is 2. The Kier molecular flexibility index (Phi) is 9.51. The van der Waals surface area contributed by atoms with Crippen molar-refractivity contribution in [2.75, 3.05) is 7.11 Å². The molecule has 0 aliphatic rings. The van der Waals surface area contributed by atoms with Crippen LogP contribution < -0.4 is 10.1 Å². The van der Waals surface area contributed by atoms with Crippen LogP contribution in [0.25, 0.3) is 0 Å². The largest absolute Gasteiger partial charge is 0.497 e. The van der Waals surface area contributed by atoms with Crippen LogP contribution in [0.5, 0.6) is 5.75 Å². The van der Waals surface area contributed by atoms with Crippen molar-refractivity contribution in [3.8, 4) is 5.75 Å². The van der Waals surface area contributed by atoms with Gasteiger partial charge in [0.15, 0.2) is 0 Å². The number of amides is 2. The minimum absolute atomic E-state index is 0.0188. The number of hydrogen-bond donors (Lipinski definition) is 1. The molecule has 0 bridgehead atoms. The molecule has 0 saturated carbocycles. The Hall–Kier alpha value is -2.82. The zero-order valence-corrected chi connectivity index (χ0v) is 21.3. The molecular formula is C28H40N2O3. The summed E-state index contributed by atoms with van der Waals surface area (Å²) < 4.78 is 5.25. The minimum Gasteiger partial charge on any atom is -0.497 e. The zero-order valence-electron chi connectivity index (χ0n) is 21.3. The minimum atomic E-state index is -0.526. The van der Waals surface area contributed by atoms with Crippen LogP contribution in [0.1, 0.15) is 77.0 Å². The molecule has 0 fully saturated rings.